The molecule has 1 heterocycles. The maximum atomic E-state index is 13.9. The van der Waals surface area contributed by atoms with Gasteiger partial charge in [-0.1, -0.05) is 43.5 Å². The highest BCUT2D eigenvalue weighted by Gasteiger charge is 2.43. The molecule has 35 heavy (non-hydrogen) atoms. The van der Waals surface area contributed by atoms with E-state index >= 15 is 0 Å². The monoisotopic (exact) mass is 483 g/mol. The number of amides is 3. The first-order chi connectivity index (χ1) is 16.9. The summed E-state index contributed by atoms with van der Waals surface area (Å²) in [6.07, 6.45) is 8.43. The highest BCUT2D eigenvalue weighted by atomic mass is 16.2. The molecular weight excluding hydrogens is 442 g/mol. The van der Waals surface area contributed by atoms with Crippen molar-refractivity contribution >= 4 is 17.7 Å². The third-order valence-corrected chi connectivity index (χ3v) is 8.12. The quantitative estimate of drug-likeness (QED) is 0.472. The summed E-state index contributed by atoms with van der Waals surface area (Å²) in [6.45, 7) is 2.11. The van der Waals surface area contributed by atoms with Crippen LogP contribution in [0, 0.1) is 5.92 Å². The Bertz CT molecular complexity index is 916. The fourth-order valence-corrected chi connectivity index (χ4v) is 5.97. The Kier molecular flexibility index (Phi) is 8.44. The first-order valence-corrected chi connectivity index (χ1v) is 13.3. The number of nitrogens with one attached hydrogen (secondary N) is 3. The average molecular weight is 484 g/mol. The van der Waals surface area contributed by atoms with Crippen LogP contribution in [-0.4, -0.2) is 60.4 Å². The highest BCUT2D eigenvalue weighted by molar-refractivity contribution is 5.94. The van der Waals surface area contributed by atoms with Gasteiger partial charge in [0.1, 0.15) is 12.1 Å². The number of nitrogens with two attached hydrogens (primary N) is 1. The number of likely N-dealkylation sites (tertiary alicyclic amines) is 1. The number of benzene rings is 1. The van der Waals surface area contributed by atoms with Crippen LogP contribution < -0.4 is 21.7 Å². The molecule has 2 fully saturated rings. The second kappa shape index (κ2) is 11.5. The van der Waals surface area contributed by atoms with Crippen LogP contribution in [-0.2, 0) is 20.8 Å². The highest BCUT2D eigenvalue weighted by Crippen LogP contribution is 2.32. The number of fused-ring (bicyclic) bond motifs is 1. The molecule has 1 aromatic rings. The van der Waals surface area contributed by atoms with E-state index in [1.807, 2.05) is 12.1 Å². The summed E-state index contributed by atoms with van der Waals surface area (Å²) in [5, 5.41) is 9.19. The molecule has 5 atom stereocenters. The van der Waals surface area contributed by atoms with Crippen LogP contribution in [0.3, 0.4) is 0 Å². The molecule has 0 spiro atoms. The smallest absolute Gasteiger partial charge is 0.246 e. The van der Waals surface area contributed by atoms with E-state index < -0.39 is 18.1 Å². The molecule has 8 heteroatoms. The molecule has 1 aromatic carbocycles. The van der Waals surface area contributed by atoms with Crippen molar-refractivity contribution in [1.82, 2.24) is 20.9 Å². The molecule has 0 radical (unpaired) electrons. The number of rotatable bonds is 7. The molecule has 8 nitrogen and oxygen atoms in total. The van der Waals surface area contributed by atoms with E-state index in [4.69, 9.17) is 5.73 Å². The Labute approximate surface area is 208 Å². The molecule has 5 N–H and O–H groups in total. The maximum absolute atomic E-state index is 13.9. The number of carbonyl (C=O) groups excluding carboxylic acids is 3. The third-order valence-electron chi connectivity index (χ3n) is 8.12. The first-order valence-electron chi connectivity index (χ1n) is 13.3. The predicted octanol–water partition coefficient (Wildman–Crippen LogP) is 1.78. The van der Waals surface area contributed by atoms with E-state index in [9.17, 15) is 14.4 Å². The van der Waals surface area contributed by atoms with Gasteiger partial charge in [-0.25, -0.2) is 0 Å². The number of hydrogen-bond donors (Lipinski definition) is 4. The molecule has 3 amide bonds. The van der Waals surface area contributed by atoms with Crippen molar-refractivity contribution < 1.29 is 14.4 Å². The SMILES string of the molecule is CN[C@@H](C)C(=O)NC(C(=O)N1C[C@@H](N)C[C@H]1C(=O)N[C@@H]1CCCc2ccccc21)C1CCCCC1. The molecule has 0 aromatic heterocycles. The summed E-state index contributed by atoms with van der Waals surface area (Å²) in [5.41, 5.74) is 8.72. The van der Waals surface area contributed by atoms with Crippen molar-refractivity contribution in [3.8, 4) is 0 Å². The summed E-state index contributed by atoms with van der Waals surface area (Å²) in [4.78, 5) is 41.8. The van der Waals surface area contributed by atoms with E-state index in [0.717, 1.165) is 51.4 Å². The summed E-state index contributed by atoms with van der Waals surface area (Å²) >= 11 is 0. The van der Waals surface area contributed by atoms with Gasteiger partial charge < -0.3 is 26.6 Å². The van der Waals surface area contributed by atoms with Crippen LogP contribution in [0.4, 0.5) is 0 Å². The molecule has 192 valence electrons. The lowest BCUT2D eigenvalue weighted by Gasteiger charge is -2.35. The van der Waals surface area contributed by atoms with Crippen molar-refractivity contribution in [2.24, 2.45) is 11.7 Å². The van der Waals surface area contributed by atoms with E-state index in [2.05, 4.69) is 28.1 Å². The standard InChI is InChI=1S/C27H41N5O3/c1-17(29-2)25(33)31-24(19-10-4-3-5-11-19)27(35)32-16-20(28)15-23(32)26(34)30-22-14-8-12-18-9-6-7-13-21(18)22/h6-7,9,13,17,19-20,22-24,29H,3-5,8,10-12,14-16,28H2,1-2H3,(H,30,34)(H,31,33)/t17-,20-,22+,23-,24?/m0/s1. The topological polar surface area (TPSA) is 117 Å². The average Bonchev–Trinajstić information content (AvgIpc) is 3.28. The van der Waals surface area contributed by atoms with Crippen molar-refractivity contribution in [3.63, 3.8) is 0 Å². The van der Waals surface area contributed by atoms with E-state index in [0.29, 0.717) is 13.0 Å². The van der Waals surface area contributed by atoms with Crippen molar-refractivity contribution in [3.05, 3.63) is 35.4 Å². The minimum Gasteiger partial charge on any atom is -0.347 e. The van der Waals surface area contributed by atoms with Crippen molar-refractivity contribution in [2.75, 3.05) is 13.6 Å². The summed E-state index contributed by atoms with van der Waals surface area (Å²) in [5.74, 6) is -0.439. The minimum atomic E-state index is -0.630. The normalized spacial score (nSPS) is 26.5. The number of carbonyl (C=O) groups is 3. The number of likely N-dealkylation sites (N-methyl/N-ethyl adjacent to an activating group) is 1. The van der Waals surface area contributed by atoms with Gasteiger partial charge in [0.25, 0.3) is 0 Å². The number of nitrogens with zero attached hydrogens (tertiary/aromatic N) is 1. The lowest BCUT2D eigenvalue weighted by atomic mass is 9.83. The van der Waals surface area contributed by atoms with Gasteiger partial charge in [0, 0.05) is 12.6 Å². The second-order valence-corrected chi connectivity index (χ2v) is 10.5. The Morgan fingerprint density at radius 3 is 2.54 bits per heavy atom. The molecule has 3 aliphatic rings. The maximum Gasteiger partial charge on any atom is 0.246 e. The Hall–Kier alpha value is -2.45. The fraction of sp³-hybridized carbons (Fsp3) is 0.667. The van der Waals surface area contributed by atoms with E-state index in [-0.39, 0.29) is 35.7 Å². The van der Waals surface area contributed by atoms with Crippen LogP contribution in [0.1, 0.15) is 75.5 Å². The van der Waals surface area contributed by atoms with E-state index in [1.165, 1.54) is 11.1 Å². The molecule has 1 saturated heterocycles. The zero-order chi connectivity index (χ0) is 24.9. The molecule has 1 saturated carbocycles. The number of aryl methyl sites for hydroxylation is 1. The van der Waals surface area contributed by atoms with Crippen LogP contribution >= 0.6 is 0 Å². The molecule has 1 aliphatic heterocycles. The van der Waals surface area contributed by atoms with Gasteiger partial charge in [0.05, 0.1) is 12.1 Å². The molecule has 2 aliphatic carbocycles. The Morgan fingerprint density at radius 1 is 1.06 bits per heavy atom. The van der Waals surface area contributed by atoms with Crippen LogP contribution in [0.25, 0.3) is 0 Å². The lowest BCUT2D eigenvalue weighted by molar-refractivity contribution is -0.143. The minimum absolute atomic E-state index is 0.0495. The first kappa shape index (κ1) is 25.6. The van der Waals surface area contributed by atoms with Gasteiger partial charge in [0.2, 0.25) is 17.7 Å². The van der Waals surface area contributed by atoms with Crippen LogP contribution in [0.15, 0.2) is 24.3 Å². The molecule has 4 rings (SSSR count). The largest absolute Gasteiger partial charge is 0.347 e. The van der Waals surface area contributed by atoms with Crippen molar-refractivity contribution in [1.29, 1.82) is 0 Å². The summed E-state index contributed by atoms with van der Waals surface area (Å²) in [7, 11) is 1.73. The second-order valence-electron chi connectivity index (χ2n) is 10.5. The van der Waals surface area contributed by atoms with Crippen LogP contribution in [0.5, 0.6) is 0 Å². The Balaban J connectivity index is 1.51. The zero-order valence-corrected chi connectivity index (χ0v) is 21.1. The third kappa shape index (κ3) is 5.86. The molecular formula is C27H41N5O3. The van der Waals surface area contributed by atoms with Gasteiger partial charge in [0.15, 0.2) is 0 Å². The molecule has 1 unspecified atom stereocenters. The van der Waals surface area contributed by atoms with E-state index in [1.54, 1.807) is 18.9 Å². The van der Waals surface area contributed by atoms with Gasteiger partial charge in [-0.2, -0.15) is 0 Å². The van der Waals surface area contributed by atoms with Gasteiger partial charge in [-0.15, -0.1) is 0 Å². The zero-order valence-electron chi connectivity index (χ0n) is 21.1. The van der Waals surface area contributed by atoms with Gasteiger partial charge >= 0.3 is 0 Å². The number of hydrogen-bond acceptors (Lipinski definition) is 5. The Morgan fingerprint density at radius 2 is 1.80 bits per heavy atom. The van der Waals surface area contributed by atoms with Gasteiger partial charge in [-0.05, 0) is 69.5 Å². The van der Waals surface area contributed by atoms with Gasteiger partial charge in [-0.3, -0.25) is 14.4 Å². The van der Waals surface area contributed by atoms with Crippen LogP contribution in [0.2, 0.25) is 0 Å². The van der Waals surface area contributed by atoms with Crippen molar-refractivity contribution in [2.45, 2.75) is 94.9 Å². The molecule has 0 bridgehead atoms. The lowest BCUT2D eigenvalue weighted by Crippen LogP contribution is -2.58. The fourth-order valence-electron chi connectivity index (χ4n) is 5.97. The summed E-state index contributed by atoms with van der Waals surface area (Å²) in [6, 6.07) is 6.30. The predicted molar refractivity (Wildman–Crippen MR) is 135 cm³/mol. The summed E-state index contributed by atoms with van der Waals surface area (Å²) < 4.78 is 0.